The van der Waals surface area contributed by atoms with Crippen molar-refractivity contribution in [3.63, 3.8) is 0 Å². The number of aliphatic hydroxyl groups is 1. The highest BCUT2D eigenvalue weighted by atomic mass is 16.5. The van der Waals surface area contributed by atoms with Crippen LogP contribution in [0.15, 0.2) is 12.1 Å². The summed E-state index contributed by atoms with van der Waals surface area (Å²) in [4.78, 5) is 21.1. The van der Waals surface area contributed by atoms with Crippen LogP contribution in [0.3, 0.4) is 0 Å². The fraction of sp³-hybridized carbons (Fsp3) is 0.684. The average Bonchev–Trinajstić information content (AvgIpc) is 2.59. The first-order valence-corrected chi connectivity index (χ1v) is 9.05. The number of nitrogens with zero attached hydrogens (tertiary/aromatic N) is 3. The number of piperidine rings is 1. The molecule has 0 bridgehead atoms. The van der Waals surface area contributed by atoms with Crippen LogP contribution in [0, 0.1) is 18.8 Å². The first kappa shape index (κ1) is 19.7. The number of hydrogen-bond donors (Lipinski definition) is 1. The molecule has 2 atom stereocenters. The molecule has 0 aromatic carbocycles. The van der Waals surface area contributed by atoms with E-state index in [0.29, 0.717) is 18.2 Å². The minimum Gasteiger partial charge on any atom is -0.482 e. The van der Waals surface area contributed by atoms with Crippen molar-refractivity contribution in [3.05, 3.63) is 23.5 Å². The average molecular weight is 349 g/mol. The summed E-state index contributed by atoms with van der Waals surface area (Å²) in [6.45, 7) is 6.36. The van der Waals surface area contributed by atoms with Crippen molar-refractivity contribution in [2.45, 2.75) is 26.7 Å². The van der Waals surface area contributed by atoms with Gasteiger partial charge in [-0.1, -0.05) is 6.92 Å². The number of rotatable bonds is 7. The van der Waals surface area contributed by atoms with E-state index in [0.717, 1.165) is 37.3 Å². The van der Waals surface area contributed by atoms with E-state index >= 15 is 0 Å². The first-order chi connectivity index (χ1) is 11.9. The molecule has 1 fully saturated rings. The molecule has 1 amide bonds. The fourth-order valence-electron chi connectivity index (χ4n) is 3.52. The molecule has 0 saturated carbocycles. The van der Waals surface area contributed by atoms with E-state index < -0.39 is 0 Å². The van der Waals surface area contributed by atoms with Crippen LogP contribution in [-0.4, -0.2) is 72.7 Å². The van der Waals surface area contributed by atoms with Gasteiger partial charge in [-0.05, 0) is 57.8 Å². The van der Waals surface area contributed by atoms with Crippen LogP contribution in [0.25, 0.3) is 0 Å². The van der Waals surface area contributed by atoms with Gasteiger partial charge >= 0.3 is 0 Å². The Hall–Kier alpha value is -1.66. The van der Waals surface area contributed by atoms with E-state index in [1.807, 2.05) is 45.0 Å². The van der Waals surface area contributed by atoms with Gasteiger partial charge in [0.05, 0.1) is 5.69 Å². The largest absolute Gasteiger partial charge is 0.482 e. The number of carbonyl (C=O) groups is 1. The molecule has 1 saturated heterocycles. The van der Waals surface area contributed by atoms with E-state index in [9.17, 15) is 9.90 Å². The maximum atomic E-state index is 12.6. The SMILES string of the molecule is CCc1nc(C)ccc1OCC(=O)N1C[C@@H](CO)C[C@@H](CN(C)C)C1. The zero-order valence-corrected chi connectivity index (χ0v) is 15.9. The summed E-state index contributed by atoms with van der Waals surface area (Å²) >= 11 is 0. The Morgan fingerprint density at radius 3 is 2.72 bits per heavy atom. The predicted octanol–water partition coefficient (Wildman–Crippen LogP) is 1.35. The van der Waals surface area contributed by atoms with Crippen molar-refractivity contribution in [3.8, 4) is 5.75 Å². The van der Waals surface area contributed by atoms with Gasteiger partial charge in [-0.25, -0.2) is 0 Å². The van der Waals surface area contributed by atoms with E-state index in [1.165, 1.54) is 0 Å². The Morgan fingerprint density at radius 1 is 1.36 bits per heavy atom. The highest BCUT2D eigenvalue weighted by Crippen LogP contribution is 2.23. The standard InChI is InChI=1S/C19H31N3O3/c1-5-17-18(7-6-14(2)20-17)25-13-19(24)22-10-15(9-21(3)4)8-16(11-22)12-23/h6-7,15-16,23H,5,8-13H2,1-4H3/t15-,16-/m0/s1. The van der Waals surface area contributed by atoms with Crippen LogP contribution in [0.5, 0.6) is 5.75 Å². The second-order valence-electron chi connectivity index (χ2n) is 7.25. The molecule has 1 aliphatic rings. The van der Waals surface area contributed by atoms with E-state index in [-0.39, 0.29) is 25.0 Å². The smallest absolute Gasteiger partial charge is 0.260 e. The second-order valence-corrected chi connectivity index (χ2v) is 7.25. The number of aromatic nitrogens is 1. The number of hydrogen-bond acceptors (Lipinski definition) is 5. The predicted molar refractivity (Wildman–Crippen MR) is 97.7 cm³/mol. The number of pyridine rings is 1. The molecule has 1 N–H and O–H groups in total. The fourth-order valence-corrected chi connectivity index (χ4v) is 3.52. The summed E-state index contributed by atoms with van der Waals surface area (Å²) in [7, 11) is 4.07. The zero-order valence-electron chi connectivity index (χ0n) is 15.9. The minimum atomic E-state index is -0.0236. The molecule has 0 unspecified atom stereocenters. The third-order valence-electron chi connectivity index (χ3n) is 4.62. The van der Waals surface area contributed by atoms with Crippen LogP contribution in [0.1, 0.15) is 24.7 Å². The Kier molecular flexibility index (Phi) is 7.20. The molecule has 1 aromatic heterocycles. The quantitative estimate of drug-likeness (QED) is 0.805. The molecular formula is C19H31N3O3. The lowest BCUT2D eigenvalue weighted by Crippen LogP contribution is -2.48. The van der Waals surface area contributed by atoms with Crippen LogP contribution < -0.4 is 4.74 Å². The number of amides is 1. The van der Waals surface area contributed by atoms with Crippen molar-refractivity contribution in [1.82, 2.24) is 14.8 Å². The van der Waals surface area contributed by atoms with Gasteiger partial charge in [0.1, 0.15) is 5.75 Å². The summed E-state index contributed by atoms with van der Waals surface area (Å²) in [6, 6.07) is 3.78. The van der Waals surface area contributed by atoms with Gasteiger partial charge < -0.3 is 19.6 Å². The van der Waals surface area contributed by atoms with Gasteiger partial charge in [-0.2, -0.15) is 0 Å². The lowest BCUT2D eigenvalue weighted by Gasteiger charge is -2.38. The summed E-state index contributed by atoms with van der Waals surface area (Å²) < 4.78 is 5.76. The van der Waals surface area contributed by atoms with Gasteiger partial charge in [0.15, 0.2) is 6.61 Å². The number of carbonyl (C=O) groups excluding carboxylic acids is 1. The maximum Gasteiger partial charge on any atom is 0.260 e. The molecule has 1 aromatic rings. The summed E-state index contributed by atoms with van der Waals surface area (Å²) in [5.74, 6) is 1.19. The Bertz CT molecular complexity index is 577. The molecule has 140 valence electrons. The molecular weight excluding hydrogens is 318 g/mol. The first-order valence-electron chi connectivity index (χ1n) is 9.05. The molecule has 0 radical (unpaired) electrons. The molecule has 0 spiro atoms. The lowest BCUT2D eigenvalue weighted by atomic mass is 9.89. The third kappa shape index (κ3) is 5.68. The number of likely N-dealkylation sites (tertiary alicyclic amines) is 1. The maximum absolute atomic E-state index is 12.6. The van der Waals surface area contributed by atoms with Gasteiger partial charge in [-0.15, -0.1) is 0 Å². The summed E-state index contributed by atoms with van der Waals surface area (Å²) in [5, 5.41) is 9.55. The van der Waals surface area contributed by atoms with E-state index in [1.54, 1.807) is 0 Å². The lowest BCUT2D eigenvalue weighted by molar-refractivity contribution is -0.136. The molecule has 1 aliphatic heterocycles. The van der Waals surface area contributed by atoms with E-state index in [2.05, 4.69) is 9.88 Å². The Balaban J connectivity index is 1.97. The summed E-state index contributed by atoms with van der Waals surface area (Å²) in [6.07, 6.45) is 1.73. The van der Waals surface area contributed by atoms with E-state index in [4.69, 9.17) is 4.74 Å². The van der Waals surface area contributed by atoms with Crippen molar-refractivity contribution >= 4 is 5.91 Å². The number of ether oxygens (including phenoxy) is 1. The zero-order chi connectivity index (χ0) is 18.4. The highest BCUT2D eigenvalue weighted by Gasteiger charge is 2.30. The van der Waals surface area contributed by atoms with Crippen molar-refractivity contribution in [2.75, 3.05) is 46.9 Å². The van der Waals surface area contributed by atoms with Gasteiger partial charge in [0.25, 0.3) is 5.91 Å². The summed E-state index contributed by atoms with van der Waals surface area (Å²) in [5.41, 5.74) is 1.83. The van der Waals surface area contributed by atoms with Gasteiger partial charge in [-0.3, -0.25) is 9.78 Å². The van der Waals surface area contributed by atoms with Gasteiger partial charge in [0.2, 0.25) is 0 Å². The molecule has 25 heavy (non-hydrogen) atoms. The monoisotopic (exact) mass is 349 g/mol. The topological polar surface area (TPSA) is 65.9 Å². The molecule has 6 heteroatoms. The van der Waals surface area contributed by atoms with Crippen LogP contribution in [-0.2, 0) is 11.2 Å². The van der Waals surface area contributed by atoms with Crippen molar-refractivity contribution < 1.29 is 14.6 Å². The van der Waals surface area contributed by atoms with Crippen LogP contribution in [0.2, 0.25) is 0 Å². The second kappa shape index (κ2) is 9.15. The molecule has 2 heterocycles. The third-order valence-corrected chi connectivity index (χ3v) is 4.62. The Labute approximate surface area is 150 Å². The Morgan fingerprint density at radius 2 is 2.08 bits per heavy atom. The molecule has 6 nitrogen and oxygen atoms in total. The van der Waals surface area contributed by atoms with Crippen molar-refractivity contribution in [2.24, 2.45) is 11.8 Å². The number of aliphatic hydroxyl groups excluding tert-OH is 1. The van der Waals surface area contributed by atoms with Crippen LogP contribution >= 0.6 is 0 Å². The normalized spacial score (nSPS) is 20.8. The molecule has 0 aliphatic carbocycles. The molecule has 2 rings (SSSR count). The van der Waals surface area contributed by atoms with Crippen LogP contribution in [0.4, 0.5) is 0 Å². The van der Waals surface area contributed by atoms with Crippen molar-refractivity contribution in [1.29, 1.82) is 0 Å². The van der Waals surface area contributed by atoms with Gasteiger partial charge in [0, 0.05) is 31.9 Å². The number of aryl methyl sites for hydroxylation is 2. The highest BCUT2D eigenvalue weighted by molar-refractivity contribution is 5.78. The minimum absolute atomic E-state index is 0.0184.